The zero-order valence-electron chi connectivity index (χ0n) is 12.5. The Balaban J connectivity index is 2.23. The highest BCUT2D eigenvalue weighted by Gasteiger charge is 2.13. The summed E-state index contributed by atoms with van der Waals surface area (Å²) >= 11 is 0. The van der Waals surface area contributed by atoms with Gasteiger partial charge in [0.05, 0.1) is 6.54 Å². The molecule has 7 heteroatoms. The Bertz CT molecular complexity index is 593. The highest BCUT2D eigenvalue weighted by molar-refractivity contribution is 5.57. The molecule has 20 heavy (non-hydrogen) atoms. The number of hydrogen-bond donors (Lipinski definition) is 2. The standard InChI is InChI=1S/C13H20N6O/c1-7(2)11-17-12(14-5)8(3)13(18-11)15-6-10-16-9(4)20-19-10/h7H,6H2,1-5H3,(H2,14,15,17,18). The van der Waals surface area contributed by atoms with Gasteiger partial charge in [-0.1, -0.05) is 19.0 Å². The molecule has 0 radical (unpaired) electrons. The van der Waals surface area contributed by atoms with Crippen molar-refractivity contribution in [3.63, 3.8) is 0 Å². The highest BCUT2D eigenvalue weighted by atomic mass is 16.5. The van der Waals surface area contributed by atoms with Gasteiger partial charge in [-0.25, -0.2) is 9.97 Å². The van der Waals surface area contributed by atoms with E-state index in [2.05, 4.69) is 44.6 Å². The Morgan fingerprint density at radius 3 is 2.35 bits per heavy atom. The molecule has 0 saturated heterocycles. The molecule has 0 aliphatic heterocycles. The molecule has 108 valence electrons. The van der Waals surface area contributed by atoms with Gasteiger partial charge in [-0.2, -0.15) is 4.98 Å². The molecule has 2 aromatic heterocycles. The van der Waals surface area contributed by atoms with E-state index in [4.69, 9.17) is 4.52 Å². The first-order chi connectivity index (χ1) is 9.51. The maximum atomic E-state index is 4.94. The summed E-state index contributed by atoms with van der Waals surface area (Å²) in [6.45, 7) is 8.34. The van der Waals surface area contributed by atoms with E-state index in [0.717, 1.165) is 23.0 Å². The molecule has 0 aliphatic rings. The van der Waals surface area contributed by atoms with Gasteiger partial charge in [-0.3, -0.25) is 0 Å². The summed E-state index contributed by atoms with van der Waals surface area (Å²) in [5.41, 5.74) is 0.970. The summed E-state index contributed by atoms with van der Waals surface area (Å²) in [4.78, 5) is 13.2. The Kier molecular flexibility index (Phi) is 4.16. The normalized spacial score (nSPS) is 10.9. The van der Waals surface area contributed by atoms with Crippen LogP contribution in [0, 0.1) is 13.8 Å². The predicted molar refractivity (Wildman–Crippen MR) is 76.8 cm³/mol. The molecule has 0 aliphatic carbocycles. The Morgan fingerprint density at radius 1 is 1.10 bits per heavy atom. The first-order valence-electron chi connectivity index (χ1n) is 6.60. The molecule has 0 unspecified atom stereocenters. The highest BCUT2D eigenvalue weighted by Crippen LogP contribution is 2.23. The fourth-order valence-corrected chi connectivity index (χ4v) is 1.78. The molecule has 2 N–H and O–H groups in total. The summed E-state index contributed by atoms with van der Waals surface area (Å²) in [6.07, 6.45) is 0. The second-order valence-electron chi connectivity index (χ2n) is 4.89. The number of hydrogen-bond acceptors (Lipinski definition) is 7. The third kappa shape index (κ3) is 3.04. The molecule has 0 saturated carbocycles. The Morgan fingerprint density at radius 2 is 1.80 bits per heavy atom. The molecule has 2 aromatic rings. The monoisotopic (exact) mass is 276 g/mol. The zero-order valence-corrected chi connectivity index (χ0v) is 12.5. The zero-order chi connectivity index (χ0) is 14.7. The SMILES string of the molecule is CNc1nc(C(C)C)nc(NCc2noc(C)n2)c1C. The molecule has 2 heterocycles. The van der Waals surface area contributed by atoms with Crippen LogP contribution in [0.4, 0.5) is 11.6 Å². The van der Waals surface area contributed by atoms with Gasteiger partial charge in [0.15, 0.2) is 5.82 Å². The van der Waals surface area contributed by atoms with Gasteiger partial charge in [-0.15, -0.1) is 0 Å². The number of anilines is 2. The van der Waals surface area contributed by atoms with E-state index in [0.29, 0.717) is 18.3 Å². The van der Waals surface area contributed by atoms with Gasteiger partial charge in [0, 0.05) is 25.5 Å². The topological polar surface area (TPSA) is 88.8 Å². The van der Waals surface area contributed by atoms with Crippen molar-refractivity contribution in [1.29, 1.82) is 0 Å². The summed E-state index contributed by atoms with van der Waals surface area (Å²) in [5, 5.41) is 10.2. The molecule has 0 bridgehead atoms. The number of aryl methyl sites for hydroxylation is 1. The van der Waals surface area contributed by atoms with E-state index in [-0.39, 0.29) is 5.92 Å². The van der Waals surface area contributed by atoms with Crippen molar-refractivity contribution in [2.24, 2.45) is 0 Å². The van der Waals surface area contributed by atoms with Crippen LogP contribution in [0.2, 0.25) is 0 Å². The molecular weight excluding hydrogens is 256 g/mol. The van der Waals surface area contributed by atoms with Crippen molar-refractivity contribution < 1.29 is 4.52 Å². The van der Waals surface area contributed by atoms with Gasteiger partial charge >= 0.3 is 0 Å². The van der Waals surface area contributed by atoms with E-state index in [1.54, 1.807) is 6.92 Å². The van der Waals surface area contributed by atoms with Crippen LogP contribution >= 0.6 is 0 Å². The summed E-state index contributed by atoms with van der Waals surface area (Å²) < 4.78 is 4.94. The van der Waals surface area contributed by atoms with Crippen molar-refractivity contribution in [2.75, 3.05) is 17.7 Å². The summed E-state index contributed by atoms with van der Waals surface area (Å²) in [7, 11) is 1.85. The number of nitrogens with one attached hydrogen (secondary N) is 2. The van der Waals surface area contributed by atoms with Gasteiger partial charge in [0.2, 0.25) is 5.89 Å². The lowest BCUT2D eigenvalue weighted by Gasteiger charge is -2.14. The van der Waals surface area contributed by atoms with Gasteiger partial charge in [0.1, 0.15) is 17.5 Å². The maximum absolute atomic E-state index is 4.94. The van der Waals surface area contributed by atoms with Crippen LogP contribution in [0.15, 0.2) is 4.52 Å². The van der Waals surface area contributed by atoms with Gasteiger partial charge < -0.3 is 15.2 Å². The van der Waals surface area contributed by atoms with Crippen LogP contribution in [-0.2, 0) is 6.54 Å². The fourth-order valence-electron chi connectivity index (χ4n) is 1.78. The minimum atomic E-state index is 0.260. The molecule has 0 aromatic carbocycles. The lowest BCUT2D eigenvalue weighted by molar-refractivity contribution is 0.388. The van der Waals surface area contributed by atoms with Crippen molar-refractivity contribution in [1.82, 2.24) is 20.1 Å². The smallest absolute Gasteiger partial charge is 0.223 e. The van der Waals surface area contributed by atoms with Crippen LogP contribution in [0.25, 0.3) is 0 Å². The molecule has 0 fully saturated rings. The lowest BCUT2D eigenvalue weighted by atomic mass is 10.2. The van der Waals surface area contributed by atoms with Crippen LogP contribution < -0.4 is 10.6 Å². The summed E-state index contributed by atoms with van der Waals surface area (Å²) in [6, 6.07) is 0. The molecule has 7 nitrogen and oxygen atoms in total. The van der Waals surface area contributed by atoms with E-state index in [1.165, 1.54) is 0 Å². The molecule has 0 amide bonds. The molecule has 0 atom stereocenters. The van der Waals surface area contributed by atoms with Gasteiger partial charge in [-0.05, 0) is 6.92 Å². The van der Waals surface area contributed by atoms with Crippen LogP contribution in [-0.4, -0.2) is 27.2 Å². The van der Waals surface area contributed by atoms with Gasteiger partial charge in [0.25, 0.3) is 0 Å². The third-order valence-corrected chi connectivity index (χ3v) is 2.90. The Labute approximate surface area is 118 Å². The number of rotatable bonds is 5. The Hall–Kier alpha value is -2.18. The van der Waals surface area contributed by atoms with Crippen molar-refractivity contribution in [2.45, 2.75) is 40.2 Å². The minimum absolute atomic E-state index is 0.260. The lowest BCUT2D eigenvalue weighted by Crippen LogP contribution is -2.11. The second-order valence-corrected chi connectivity index (χ2v) is 4.89. The van der Waals surface area contributed by atoms with Crippen molar-refractivity contribution >= 4 is 11.6 Å². The average molecular weight is 276 g/mol. The van der Waals surface area contributed by atoms with Crippen LogP contribution in [0.3, 0.4) is 0 Å². The minimum Gasteiger partial charge on any atom is -0.373 e. The third-order valence-electron chi connectivity index (χ3n) is 2.90. The fraction of sp³-hybridized carbons (Fsp3) is 0.538. The van der Waals surface area contributed by atoms with E-state index >= 15 is 0 Å². The largest absolute Gasteiger partial charge is 0.373 e. The molecular formula is C13H20N6O. The van der Waals surface area contributed by atoms with E-state index < -0.39 is 0 Å². The number of nitrogens with zero attached hydrogens (tertiary/aromatic N) is 4. The first kappa shape index (κ1) is 14.2. The van der Waals surface area contributed by atoms with Crippen molar-refractivity contribution in [3.05, 3.63) is 23.1 Å². The quantitative estimate of drug-likeness (QED) is 0.865. The van der Waals surface area contributed by atoms with Crippen LogP contribution in [0.5, 0.6) is 0 Å². The van der Waals surface area contributed by atoms with Crippen molar-refractivity contribution in [3.8, 4) is 0 Å². The first-order valence-corrected chi connectivity index (χ1v) is 6.60. The summed E-state index contributed by atoms with van der Waals surface area (Å²) in [5.74, 6) is 3.84. The van der Waals surface area contributed by atoms with Crippen LogP contribution in [0.1, 0.15) is 42.9 Å². The van der Waals surface area contributed by atoms with E-state index in [9.17, 15) is 0 Å². The predicted octanol–water partition coefficient (Wildman–Crippen LogP) is 2.25. The maximum Gasteiger partial charge on any atom is 0.223 e. The van der Waals surface area contributed by atoms with E-state index in [1.807, 2.05) is 14.0 Å². The number of aromatic nitrogens is 4. The average Bonchev–Trinajstić information content (AvgIpc) is 2.83. The molecule has 2 rings (SSSR count). The second kappa shape index (κ2) is 5.85. The molecule has 0 spiro atoms.